The molecule has 9 aliphatic rings. The minimum Gasteiger partial charge on any atom is -0.286 e. The van der Waals surface area contributed by atoms with E-state index in [2.05, 4.69) is 153 Å². The molecule has 7 N–H and O–H groups in total. The third-order valence-electron chi connectivity index (χ3n) is 22.4. The molecule has 0 radical (unpaired) electrons. The Morgan fingerprint density at radius 3 is 0.911 bits per heavy atom. The molecule has 8 nitrogen and oxygen atoms in total. The molecular weight excluding hydrogens is 689 g/mol. The van der Waals surface area contributed by atoms with Crippen LogP contribution in [0.15, 0.2) is 0 Å². The van der Waals surface area contributed by atoms with E-state index >= 15 is 0 Å². The zero-order valence-corrected chi connectivity index (χ0v) is 38.6. The second kappa shape index (κ2) is 14.7. The summed E-state index contributed by atoms with van der Waals surface area (Å²) >= 11 is 0. The van der Waals surface area contributed by atoms with Crippen LogP contribution >= 0.6 is 0 Å². The summed E-state index contributed by atoms with van der Waals surface area (Å²) in [5.74, 6) is 15.2. The lowest BCUT2D eigenvalue weighted by Gasteiger charge is -2.50. The van der Waals surface area contributed by atoms with E-state index in [1.54, 1.807) is 0 Å². The molecule has 320 valence electrons. The van der Waals surface area contributed by atoms with Crippen molar-refractivity contribution in [2.75, 3.05) is 7.05 Å². The van der Waals surface area contributed by atoms with Gasteiger partial charge in [0, 0.05) is 0 Å². The molecule has 4 saturated carbocycles. The third kappa shape index (κ3) is 5.84. The van der Waals surface area contributed by atoms with Crippen molar-refractivity contribution in [2.24, 2.45) is 136 Å². The third-order valence-corrected chi connectivity index (χ3v) is 22.4. The summed E-state index contributed by atoms with van der Waals surface area (Å²) in [7, 11) is 2.49. The molecule has 31 unspecified atom stereocenters. The van der Waals surface area contributed by atoms with Crippen LogP contribution in [0, 0.1) is 136 Å². The molecule has 0 amide bonds. The molecule has 0 aromatic rings. The van der Waals surface area contributed by atoms with Crippen LogP contribution in [-0.4, -0.2) is 61.3 Å². The van der Waals surface area contributed by atoms with Gasteiger partial charge in [-0.05, 0) is 150 Å². The van der Waals surface area contributed by atoms with Crippen LogP contribution in [0.3, 0.4) is 0 Å². The molecule has 5 heterocycles. The first kappa shape index (κ1) is 41.1. The van der Waals surface area contributed by atoms with Gasteiger partial charge < -0.3 is 0 Å². The highest BCUT2D eigenvalue weighted by atomic mass is 15.5. The van der Waals surface area contributed by atoms with E-state index in [0.717, 1.165) is 11.8 Å². The first-order valence-corrected chi connectivity index (χ1v) is 24.5. The quantitative estimate of drug-likeness (QED) is 0.148. The number of nitrogens with zero attached hydrogens (tertiary/aromatic N) is 1. The van der Waals surface area contributed by atoms with Crippen molar-refractivity contribution < 1.29 is 0 Å². The van der Waals surface area contributed by atoms with Crippen LogP contribution in [0.25, 0.3) is 0 Å². The van der Waals surface area contributed by atoms with E-state index in [9.17, 15) is 0 Å². The van der Waals surface area contributed by atoms with Gasteiger partial charge in [0.2, 0.25) is 0 Å². The van der Waals surface area contributed by atoms with Gasteiger partial charge in [0.05, 0.1) is 49.3 Å². The minimum absolute atomic E-state index is 0.282. The van der Waals surface area contributed by atoms with E-state index in [-0.39, 0.29) is 24.7 Å². The molecule has 9 fully saturated rings. The van der Waals surface area contributed by atoms with Crippen LogP contribution in [0.2, 0.25) is 0 Å². The summed E-state index contributed by atoms with van der Waals surface area (Å²) < 4.78 is 0. The number of hydrogen-bond acceptors (Lipinski definition) is 8. The largest absolute Gasteiger partial charge is 0.286 e. The average molecular weight is 777 g/mol. The highest BCUT2D eigenvalue weighted by Crippen LogP contribution is 2.57. The van der Waals surface area contributed by atoms with Gasteiger partial charge in [0.1, 0.15) is 0 Å². The van der Waals surface area contributed by atoms with Crippen molar-refractivity contribution in [1.82, 2.24) is 42.1 Å². The fourth-order valence-electron chi connectivity index (χ4n) is 17.3. The van der Waals surface area contributed by atoms with E-state index in [1.807, 2.05) is 0 Å². The standard InChI is InChI=1S/C48H88N8/c1-18-17-33-34(26(9)19(18)2)42-49-41(33)50-43-35-27(10)20(3)21(4)28(11)36(35)44(51-43)52-45-37-29(12)22(5)23(6)30(13)38(37)46(53-45)55-48-40-32(15)25(8)24(7)31(14)39(40)47(54-42)56(48)16/h18-55H,17H2,1-16H3. The van der Waals surface area contributed by atoms with Gasteiger partial charge >= 0.3 is 0 Å². The molecular formula is C48H88N8. The molecule has 0 spiro atoms. The molecule has 8 bridgehead atoms. The van der Waals surface area contributed by atoms with Crippen LogP contribution in [0.4, 0.5) is 0 Å². The van der Waals surface area contributed by atoms with E-state index in [4.69, 9.17) is 0 Å². The van der Waals surface area contributed by atoms with E-state index < -0.39 is 0 Å². The first-order valence-electron chi connectivity index (χ1n) is 24.5. The van der Waals surface area contributed by atoms with Crippen LogP contribution in [0.5, 0.6) is 0 Å². The summed E-state index contributed by atoms with van der Waals surface area (Å²) in [6, 6.07) is 0. The molecule has 8 heteroatoms. The molecule has 0 aromatic heterocycles. The Morgan fingerprint density at radius 2 is 0.554 bits per heavy atom. The first-order chi connectivity index (χ1) is 26.4. The predicted octanol–water partition coefficient (Wildman–Crippen LogP) is 6.64. The molecule has 4 aliphatic carbocycles. The molecule has 31 atom stereocenters. The Hall–Kier alpha value is -0.320. The van der Waals surface area contributed by atoms with Gasteiger partial charge in [0.25, 0.3) is 0 Å². The Morgan fingerprint density at radius 1 is 0.286 bits per heavy atom. The van der Waals surface area contributed by atoms with Crippen LogP contribution in [-0.2, 0) is 0 Å². The Balaban J connectivity index is 1.16. The van der Waals surface area contributed by atoms with E-state index in [0.29, 0.717) is 149 Å². The lowest BCUT2D eigenvalue weighted by molar-refractivity contribution is -0.0124. The summed E-state index contributed by atoms with van der Waals surface area (Å²) in [6.45, 7) is 38.7. The maximum absolute atomic E-state index is 4.57. The summed E-state index contributed by atoms with van der Waals surface area (Å²) in [5, 5.41) is 31.3. The highest BCUT2D eigenvalue weighted by molar-refractivity contribution is 5.14. The van der Waals surface area contributed by atoms with Gasteiger partial charge in [-0.3, -0.25) is 42.1 Å². The zero-order valence-electron chi connectivity index (χ0n) is 38.6. The van der Waals surface area contributed by atoms with Crippen LogP contribution < -0.4 is 37.2 Å². The van der Waals surface area contributed by atoms with Gasteiger partial charge in [0.15, 0.2) is 0 Å². The predicted molar refractivity (Wildman–Crippen MR) is 230 cm³/mol. The molecule has 5 aliphatic heterocycles. The Kier molecular flexibility index (Phi) is 10.7. The fraction of sp³-hybridized carbons (Fsp3) is 1.00. The van der Waals surface area contributed by atoms with Crippen molar-refractivity contribution in [3.05, 3.63) is 0 Å². The summed E-state index contributed by atoms with van der Waals surface area (Å²) in [4.78, 5) is 2.82. The lowest BCUT2D eigenvalue weighted by Crippen LogP contribution is -2.62. The SMILES string of the molecule is CC1CC2C3NC(NC4C5C(C)C(C)C(C)C(C)C5C(NC5NC(NC6NC(N3)C3C(C)C(C)C(C)C(C)C63)C3C(C)C(C)C(C)C(C)C53)N4C)C2C(C)C1C. The molecule has 56 heavy (non-hydrogen) atoms. The number of nitrogens with one attached hydrogen (secondary N) is 7. The second-order valence-corrected chi connectivity index (χ2v) is 23.5. The highest BCUT2D eigenvalue weighted by Gasteiger charge is 2.63. The molecule has 9 rings (SSSR count). The van der Waals surface area contributed by atoms with Gasteiger partial charge in [-0.25, -0.2) is 0 Å². The normalized spacial score (nSPS) is 65.0. The van der Waals surface area contributed by atoms with Crippen molar-refractivity contribution in [3.63, 3.8) is 0 Å². The maximum atomic E-state index is 4.57. The minimum atomic E-state index is 0.282. The smallest absolute Gasteiger partial charge is 0.0655 e. The number of hydrogen-bond donors (Lipinski definition) is 7. The van der Waals surface area contributed by atoms with Crippen LogP contribution in [0.1, 0.15) is 110 Å². The number of rotatable bonds is 0. The monoisotopic (exact) mass is 777 g/mol. The van der Waals surface area contributed by atoms with Crippen molar-refractivity contribution >= 4 is 0 Å². The van der Waals surface area contributed by atoms with Gasteiger partial charge in [-0.15, -0.1) is 0 Å². The van der Waals surface area contributed by atoms with E-state index in [1.165, 1.54) is 6.42 Å². The Bertz CT molecular complexity index is 1430. The van der Waals surface area contributed by atoms with Crippen molar-refractivity contribution in [3.8, 4) is 0 Å². The van der Waals surface area contributed by atoms with Crippen molar-refractivity contribution in [1.29, 1.82) is 0 Å². The summed E-state index contributed by atoms with van der Waals surface area (Å²) in [6.07, 6.45) is 3.72. The Labute approximate surface area is 343 Å². The fourth-order valence-corrected chi connectivity index (χ4v) is 17.3. The van der Waals surface area contributed by atoms with Crippen molar-refractivity contribution in [2.45, 2.75) is 160 Å². The second-order valence-electron chi connectivity index (χ2n) is 23.5. The lowest BCUT2D eigenvalue weighted by atomic mass is 9.57. The number of fused-ring (bicyclic) bond motifs is 20. The maximum Gasteiger partial charge on any atom is 0.0655 e. The molecule has 5 saturated heterocycles. The molecule has 0 aromatic carbocycles. The summed E-state index contributed by atoms with van der Waals surface area (Å²) in [5.41, 5.74) is 0. The average Bonchev–Trinajstić information content (AvgIpc) is 3.89. The zero-order chi connectivity index (χ0) is 40.1. The topological polar surface area (TPSA) is 87.4 Å². The van der Waals surface area contributed by atoms with Gasteiger partial charge in [-0.2, -0.15) is 0 Å². The van der Waals surface area contributed by atoms with Gasteiger partial charge in [-0.1, -0.05) is 104 Å².